The highest BCUT2D eigenvalue weighted by molar-refractivity contribution is 8.00. The zero-order valence-electron chi connectivity index (χ0n) is 14.9. The summed E-state index contributed by atoms with van der Waals surface area (Å²) in [6, 6.07) is 8.21. The number of carbonyl (C=O) groups is 1. The molecule has 0 amide bonds. The first-order valence-corrected chi connectivity index (χ1v) is 9.33. The molecule has 3 nitrogen and oxygen atoms in total. The Labute approximate surface area is 164 Å². The molecule has 146 valence electrons. The highest BCUT2D eigenvalue weighted by Gasteiger charge is 2.31. The molecule has 8 heteroatoms. The van der Waals surface area contributed by atoms with Crippen molar-refractivity contribution in [2.24, 2.45) is 0 Å². The molecule has 0 saturated heterocycles. The third-order valence-corrected chi connectivity index (χ3v) is 5.22. The van der Waals surface area contributed by atoms with Crippen molar-refractivity contribution in [1.29, 1.82) is 0 Å². The van der Waals surface area contributed by atoms with Gasteiger partial charge in [0.15, 0.2) is 0 Å². The van der Waals surface area contributed by atoms with Gasteiger partial charge in [0.05, 0.1) is 17.7 Å². The zero-order chi connectivity index (χ0) is 20.2. The Balaban J connectivity index is 2.27. The average molecular weight is 419 g/mol. The van der Waals surface area contributed by atoms with Crippen molar-refractivity contribution in [2.45, 2.75) is 36.6 Å². The molecular formula is C19H18ClF3O3S. The topological polar surface area (TPSA) is 35.5 Å². The number of ether oxygens (including phenoxy) is 2. The number of carbonyl (C=O) groups excluding carboxylic acids is 1. The fourth-order valence-corrected chi connectivity index (χ4v) is 3.63. The van der Waals surface area contributed by atoms with Crippen LogP contribution in [0.15, 0.2) is 41.3 Å². The molecule has 1 unspecified atom stereocenters. The molecule has 0 N–H and O–H groups in total. The maximum Gasteiger partial charge on any atom is 0.416 e. The molecule has 0 aromatic heterocycles. The molecule has 0 heterocycles. The summed E-state index contributed by atoms with van der Waals surface area (Å²) in [7, 11) is 1.33. The number of methoxy groups -OCH3 is 1. The van der Waals surface area contributed by atoms with Gasteiger partial charge in [-0.05, 0) is 49.2 Å². The summed E-state index contributed by atoms with van der Waals surface area (Å²) in [5.74, 6) is 0.179. The van der Waals surface area contributed by atoms with Gasteiger partial charge in [-0.2, -0.15) is 13.2 Å². The lowest BCUT2D eigenvalue weighted by atomic mass is 10.1. The van der Waals surface area contributed by atoms with Crippen molar-refractivity contribution in [3.63, 3.8) is 0 Å². The fraction of sp³-hybridized carbons (Fsp3) is 0.316. The summed E-state index contributed by atoms with van der Waals surface area (Å²) in [4.78, 5) is 12.5. The Hall–Kier alpha value is -1.86. The number of alkyl halides is 3. The summed E-state index contributed by atoms with van der Waals surface area (Å²) in [6.07, 6.45) is -3.73. The molecule has 0 aliphatic carbocycles. The molecule has 2 aromatic carbocycles. The van der Waals surface area contributed by atoms with Crippen LogP contribution in [0.4, 0.5) is 13.2 Å². The number of hydrogen-bond acceptors (Lipinski definition) is 4. The third-order valence-electron chi connectivity index (χ3n) is 3.74. The van der Waals surface area contributed by atoms with E-state index >= 15 is 0 Å². The van der Waals surface area contributed by atoms with E-state index in [0.717, 1.165) is 29.0 Å². The lowest BCUT2D eigenvalue weighted by molar-refractivity contribution is -0.139. The molecule has 0 bridgehead atoms. The lowest BCUT2D eigenvalue weighted by Crippen LogP contribution is -2.14. The maximum absolute atomic E-state index is 12.7. The van der Waals surface area contributed by atoms with Crippen LogP contribution in [0.5, 0.6) is 11.5 Å². The number of esters is 1. The van der Waals surface area contributed by atoms with E-state index in [2.05, 4.69) is 0 Å². The van der Waals surface area contributed by atoms with Crippen LogP contribution < -0.4 is 4.74 Å². The second-order valence-corrected chi connectivity index (χ2v) is 7.44. The SMILES string of the molecule is CCc1ccc(Oc2ccc(C(F)(F)F)cc2Cl)cc1SC(C)C(=O)OC. The minimum Gasteiger partial charge on any atom is -0.468 e. The minimum atomic E-state index is -4.47. The van der Waals surface area contributed by atoms with Crippen molar-refractivity contribution >= 4 is 29.3 Å². The van der Waals surface area contributed by atoms with Crippen LogP contribution in [0.2, 0.25) is 5.02 Å². The molecule has 2 rings (SSSR count). The van der Waals surface area contributed by atoms with Gasteiger partial charge < -0.3 is 9.47 Å². The first kappa shape index (κ1) is 21.4. The Kier molecular flexibility index (Phi) is 7.06. The highest BCUT2D eigenvalue weighted by atomic mass is 35.5. The van der Waals surface area contributed by atoms with Gasteiger partial charge in [-0.25, -0.2) is 0 Å². The number of rotatable bonds is 6. The van der Waals surface area contributed by atoms with E-state index in [-0.39, 0.29) is 16.7 Å². The largest absolute Gasteiger partial charge is 0.468 e. The molecule has 2 aromatic rings. The molecule has 27 heavy (non-hydrogen) atoms. The molecule has 1 atom stereocenters. The fourth-order valence-electron chi connectivity index (χ4n) is 2.29. The normalized spacial score (nSPS) is 12.6. The van der Waals surface area contributed by atoms with Crippen molar-refractivity contribution < 1.29 is 27.4 Å². The predicted molar refractivity (Wildman–Crippen MR) is 99.7 cm³/mol. The number of hydrogen-bond donors (Lipinski definition) is 0. The van der Waals surface area contributed by atoms with E-state index in [1.807, 2.05) is 13.0 Å². The summed E-state index contributed by atoms with van der Waals surface area (Å²) in [6.45, 7) is 3.71. The Bertz CT molecular complexity index is 824. The molecule has 0 radical (unpaired) electrons. The quantitative estimate of drug-likeness (QED) is 0.403. The monoisotopic (exact) mass is 418 g/mol. The van der Waals surface area contributed by atoms with Gasteiger partial charge in [0, 0.05) is 4.90 Å². The number of benzene rings is 2. The molecule has 0 aliphatic heterocycles. The van der Waals surface area contributed by atoms with Crippen LogP contribution in [0.3, 0.4) is 0 Å². The van der Waals surface area contributed by atoms with Gasteiger partial charge in [0.25, 0.3) is 0 Å². The number of aryl methyl sites for hydroxylation is 1. The third kappa shape index (κ3) is 5.56. The minimum absolute atomic E-state index is 0.117. The second kappa shape index (κ2) is 8.89. The van der Waals surface area contributed by atoms with E-state index in [1.54, 1.807) is 19.1 Å². The van der Waals surface area contributed by atoms with E-state index in [4.69, 9.17) is 21.1 Å². The zero-order valence-corrected chi connectivity index (χ0v) is 16.5. The van der Waals surface area contributed by atoms with Crippen molar-refractivity contribution in [2.75, 3.05) is 7.11 Å². The van der Waals surface area contributed by atoms with Crippen LogP contribution in [-0.4, -0.2) is 18.3 Å². The van der Waals surface area contributed by atoms with Crippen LogP contribution in [0.25, 0.3) is 0 Å². The summed E-state index contributed by atoms with van der Waals surface area (Å²) < 4.78 is 48.6. The van der Waals surface area contributed by atoms with Crippen LogP contribution in [-0.2, 0) is 22.1 Å². The second-order valence-electron chi connectivity index (χ2n) is 5.65. The van der Waals surface area contributed by atoms with E-state index in [0.29, 0.717) is 5.75 Å². The standard InChI is InChI=1S/C19H18ClF3O3S/c1-4-12-5-7-14(10-17(12)27-11(2)18(24)25-3)26-16-8-6-13(9-15(16)20)19(21,22)23/h5-11H,4H2,1-3H3. The lowest BCUT2D eigenvalue weighted by Gasteiger charge is -2.15. The van der Waals surface area contributed by atoms with Gasteiger partial charge in [-0.1, -0.05) is 24.6 Å². The average Bonchev–Trinajstić information content (AvgIpc) is 2.62. The van der Waals surface area contributed by atoms with Crippen molar-refractivity contribution in [3.8, 4) is 11.5 Å². The smallest absolute Gasteiger partial charge is 0.416 e. The number of thioether (sulfide) groups is 1. The van der Waals surface area contributed by atoms with Gasteiger partial charge in [-0.15, -0.1) is 11.8 Å². The van der Waals surface area contributed by atoms with E-state index in [9.17, 15) is 18.0 Å². The van der Waals surface area contributed by atoms with Gasteiger partial charge >= 0.3 is 12.1 Å². The first-order valence-electron chi connectivity index (χ1n) is 8.07. The van der Waals surface area contributed by atoms with Gasteiger partial charge in [0.1, 0.15) is 16.7 Å². The first-order chi connectivity index (χ1) is 12.7. The molecular weight excluding hydrogens is 401 g/mol. The number of halogens is 4. The molecule has 0 spiro atoms. The Morgan fingerprint density at radius 2 is 1.93 bits per heavy atom. The highest BCUT2D eigenvalue weighted by Crippen LogP contribution is 2.38. The Morgan fingerprint density at radius 1 is 1.22 bits per heavy atom. The van der Waals surface area contributed by atoms with Gasteiger partial charge in [0.2, 0.25) is 0 Å². The maximum atomic E-state index is 12.7. The van der Waals surface area contributed by atoms with Crippen molar-refractivity contribution in [3.05, 3.63) is 52.5 Å². The van der Waals surface area contributed by atoms with E-state index < -0.39 is 17.0 Å². The van der Waals surface area contributed by atoms with Crippen LogP contribution in [0.1, 0.15) is 25.0 Å². The molecule has 0 aliphatic rings. The molecule has 0 fully saturated rings. The summed E-state index contributed by atoms with van der Waals surface area (Å²) in [5, 5.41) is -0.549. The molecule has 0 saturated carbocycles. The van der Waals surface area contributed by atoms with Crippen LogP contribution in [0, 0.1) is 0 Å². The summed E-state index contributed by atoms with van der Waals surface area (Å²) >= 11 is 7.26. The van der Waals surface area contributed by atoms with Crippen molar-refractivity contribution in [1.82, 2.24) is 0 Å². The van der Waals surface area contributed by atoms with Crippen LogP contribution >= 0.6 is 23.4 Å². The predicted octanol–water partition coefficient (Wildman–Crippen LogP) is 6.37. The Morgan fingerprint density at radius 3 is 2.48 bits per heavy atom. The van der Waals surface area contributed by atoms with Gasteiger partial charge in [-0.3, -0.25) is 4.79 Å². The summed E-state index contributed by atoms with van der Waals surface area (Å²) in [5.41, 5.74) is 0.172. The van der Waals surface area contributed by atoms with E-state index in [1.165, 1.54) is 24.9 Å².